The number of hydrogen-bond donors (Lipinski definition) is 1. The number of nitrogens with one attached hydrogen (secondary N) is 1. The molecule has 0 saturated carbocycles. The second-order valence-electron chi connectivity index (χ2n) is 5.90. The van der Waals surface area contributed by atoms with E-state index in [1.54, 1.807) is 13.0 Å². The molecule has 1 rings (SSSR count). The molecule has 1 aromatic rings. The van der Waals surface area contributed by atoms with E-state index >= 15 is 0 Å². The highest BCUT2D eigenvalue weighted by Crippen LogP contribution is 2.20. The molecular weight excluding hydrogens is 229 g/mol. The minimum Gasteiger partial charge on any atom is -0.493 e. The first-order valence-corrected chi connectivity index (χ1v) is 6.42. The number of ether oxygens (including phenoxy) is 1. The van der Waals surface area contributed by atoms with Crippen molar-refractivity contribution in [2.75, 3.05) is 13.2 Å². The third-order valence-corrected chi connectivity index (χ3v) is 2.76. The molecule has 18 heavy (non-hydrogen) atoms. The SMILES string of the molecule is Cc1ccc(OCC(C)(C)CNC(C)C)cc1F. The van der Waals surface area contributed by atoms with Gasteiger partial charge in [-0.1, -0.05) is 33.8 Å². The molecule has 2 nitrogen and oxygen atoms in total. The Morgan fingerprint density at radius 2 is 2.00 bits per heavy atom. The summed E-state index contributed by atoms with van der Waals surface area (Å²) in [5.41, 5.74) is 0.661. The second-order valence-corrected chi connectivity index (χ2v) is 5.90. The van der Waals surface area contributed by atoms with Crippen LogP contribution in [0.4, 0.5) is 4.39 Å². The van der Waals surface area contributed by atoms with E-state index in [9.17, 15) is 4.39 Å². The van der Waals surface area contributed by atoms with E-state index in [0.717, 1.165) is 6.54 Å². The van der Waals surface area contributed by atoms with E-state index in [1.165, 1.54) is 6.07 Å². The lowest BCUT2D eigenvalue weighted by molar-refractivity contribution is 0.173. The smallest absolute Gasteiger partial charge is 0.129 e. The minimum absolute atomic E-state index is 0.0195. The van der Waals surface area contributed by atoms with E-state index in [2.05, 4.69) is 33.0 Å². The largest absolute Gasteiger partial charge is 0.493 e. The van der Waals surface area contributed by atoms with Gasteiger partial charge in [0.2, 0.25) is 0 Å². The fourth-order valence-electron chi connectivity index (χ4n) is 1.47. The maximum absolute atomic E-state index is 13.4. The van der Waals surface area contributed by atoms with Crippen LogP contribution in [0.1, 0.15) is 33.3 Å². The molecule has 0 aromatic heterocycles. The lowest BCUT2D eigenvalue weighted by Gasteiger charge is -2.26. The van der Waals surface area contributed by atoms with Gasteiger partial charge in [0.05, 0.1) is 6.61 Å². The summed E-state index contributed by atoms with van der Waals surface area (Å²) in [4.78, 5) is 0. The van der Waals surface area contributed by atoms with Crippen molar-refractivity contribution in [1.29, 1.82) is 0 Å². The summed E-state index contributed by atoms with van der Waals surface area (Å²) in [6.45, 7) is 11.7. The summed E-state index contributed by atoms with van der Waals surface area (Å²) in [5, 5.41) is 3.39. The number of rotatable bonds is 6. The standard InChI is InChI=1S/C15H24FNO/c1-11(2)17-9-15(4,5)10-18-13-7-6-12(3)14(16)8-13/h6-8,11,17H,9-10H2,1-5H3. The molecule has 0 amide bonds. The van der Waals surface area contributed by atoms with Gasteiger partial charge in [-0.05, 0) is 18.6 Å². The van der Waals surface area contributed by atoms with E-state index in [-0.39, 0.29) is 11.2 Å². The van der Waals surface area contributed by atoms with Gasteiger partial charge in [0.1, 0.15) is 11.6 Å². The average molecular weight is 253 g/mol. The number of benzene rings is 1. The van der Waals surface area contributed by atoms with Crippen LogP contribution < -0.4 is 10.1 Å². The van der Waals surface area contributed by atoms with Gasteiger partial charge in [-0.25, -0.2) is 4.39 Å². The topological polar surface area (TPSA) is 21.3 Å². The van der Waals surface area contributed by atoms with Crippen molar-refractivity contribution in [3.8, 4) is 5.75 Å². The molecular formula is C15H24FNO. The van der Waals surface area contributed by atoms with Gasteiger partial charge in [-0.2, -0.15) is 0 Å². The Labute approximate surface area is 110 Å². The van der Waals surface area contributed by atoms with Gasteiger partial charge in [0.15, 0.2) is 0 Å². The van der Waals surface area contributed by atoms with E-state index in [1.807, 2.05) is 6.07 Å². The third-order valence-electron chi connectivity index (χ3n) is 2.76. The first-order valence-electron chi connectivity index (χ1n) is 6.42. The van der Waals surface area contributed by atoms with Gasteiger partial charge in [-0.3, -0.25) is 0 Å². The Morgan fingerprint density at radius 3 is 2.56 bits per heavy atom. The van der Waals surface area contributed by atoms with Crippen LogP contribution in [0, 0.1) is 18.2 Å². The van der Waals surface area contributed by atoms with Crippen LogP contribution in [0.3, 0.4) is 0 Å². The van der Waals surface area contributed by atoms with Crippen molar-refractivity contribution in [1.82, 2.24) is 5.32 Å². The molecule has 1 aromatic carbocycles. The summed E-state index contributed by atoms with van der Waals surface area (Å²) in [6, 6.07) is 5.46. The third kappa shape index (κ3) is 5.05. The van der Waals surface area contributed by atoms with E-state index < -0.39 is 0 Å². The van der Waals surface area contributed by atoms with Crippen molar-refractivity contribution in [2.45, 2.75) is 40.7 Å². The fraction of sp³-hybridized carbons (Fsp3) is 0.600. The zero-order valence-corrected chi connectivity index (χ0v) is 12.0. The van der Waals surface area contributed by atoms with Crippen LogP contribution in [-0.2, 0) is 0 Å². The van der Waals surface area contributed by atoms with E-state index in [0.29, 0.717) is 24.0 Å². The van der Waals surface area contributed by atoms with Crippen molar-refractivity contribution in [3.63, 3.8) is 0 Å². The summed E-state index contributed by atoms with van der Waals surface area (Å²) in [6.07, 6.45) is 0. The normalized spacial score (nSPS) is 11.9. The maximum atomic E-state index is 13.4. The summed E-state index contributed by atoms with van der Waals surface area (Å²) < 4.78 is 19.0. The summed E-state index contributed by atoms with van der Waals surface area (Å²) >= 11 is 0. The van der Waals surface area contributed by atoms with Gasteiger partial charge >= 0.3 is 0 Å². The van der Waals surface area contributed by atoms with Crippen molar-refractivity contribution < 1.29 is 9.13 Å². The first-order chi connectivity index (χ1) is 8.30. The van der Waals surface area contributed by atoms with Crippen LogP contribution in [0.15, 0.2) is 18.2 Å². The Hall–Kier alpha value is -1.09. The Bertz CT molecular complexity index is 388. The van der Waals surface area contributed by atoms with Gasteiger partial charge < -0.3 is 10.1 Å². The molecule has 0 unspecified atom stereocenters. The Balaban J connectivity index is 2.50. The molecule has 0 aliphatic rings. The van der Waals surface area contributed by atoms with Crippen LogP contribution in [0.25, 0.3) is 0 Å². The molecule has 0 bridgehead atoms. The number of halogens is 1. The van der Waals surface area contributed by atoms with Crippen LogP contribution >= 0.6 is 0 Å². The summed E-state index contributed by atoms with van der Waals surface area (Å²) in [5.74, 6) is 0.376. The predicted molar refractivity (Wildman–Crippen MR) is 73.6 cm³/mol. The van der Waals surface area contributed by atoms with Crippen LogP contribution in [-0.4, -0.2) is 19.2 Å². The van der Waals surface area contributed by atoms with E-state index in [4.69, 9.17) is 4.74 Å². The molecule has 1 N–H and O–H groups in total. The highest BCUT2D eigenvalue weighted by molar-refractivity contribution is 5.28. The lowest BCUT2D eigenvalue weighted by Crippen LogP contribution is -2.37. The minimum atomic E-state index is -0.217. The zero-order chi connectivity index (χ0) is 13.8. The number of aryl methyl sites for hydroxylation is 1. The first kappa shape index (κ1) is 15.0. The Kier molecular flexibility index (Phi) is 5.15. The molecule has 0 heterocycles. The monoisotopic (exact) mass is 253 g/mol. The van der Waals surface area contributed by atoms with Crippen molar-refractivity contribution >= 4 is 0 Å². The van der Waals surface area contributed by atoms with Gasteiger partial charge in [-0.15, -0.1) is 0 Å². The summed E-state index contributed by atoms with van der Waals surface area (Å²) in [7, 11) is 0. The maximum Gasteiger partial charge on any atom is 0.129 e. The average Bonchev–Trinajstić information content (AvgIpc) is 2.28. The highest BCUT2D eigenvalue weighted by atomic mass is 19.1. The number of hydrogen-bond acceptors (Lipinski definition) is 2. The molecule has 0 fully saturated rings. The van der Waals surface area contributed by atoms with Crippen LogP contribution in [0.2, 0.25) is 0 Å². The molecule has 102 valence electrons. The van der Waals surface area contributed by atoms with Crippen molar-refractivity contribution in [3.05, 3.63) is 29.6 Å². The fourth-order valence-corrected chi connectivity index (χ4v) is 1.47. The van der Waals surface area contributed by atoms with Gasteiger partial charge in [0.25, 0.3) is 0 Å². The molecule has 0 spiro atoms. The molecule has 0 aliphatic carbocycles. The molecule has 0 atom stereocenters. The molecule has 0 radical (unpaired) electrons. The highest BCUT2D eigenvalue weighted by Gasteiger charge is 2.19. The molecule has 0 saturated heterocycles. The van der Waals surface area contributed by atoms with Crippen LogP contribution in [0.5, 0.6) is 5.75 Å². The lowest BCUT2D eigenvalue weighted by atomic mass is 9.94. The predicted octanol–water partition coefficient (Wildman–Crippen LogP) is 3.54. The van der Waals surface area contributed by atoms with Crippen molar-refractivity contribution in [2.24, 2.45) is 5.41 Å². The molecule has 0 aliphatic heterocycles. The quantitative estimate of drug-likeness (QED) is 0.837. The Morgan fingerprint density at radius 1 is 1.33 bits per heavy atom. The second kappa shape index (κ2) is 6.19. The molecule has 3 heteroatoms. The zero-order valence-electron chi connectivity index (χ0n) is 12.0. The van der Waals surface area contributed by atoms with Gasteiger partial charge in [0, 0.05) is 24.1 Å².